The third-order valence-electron chi connectivity index (χ3n) is 3.42. The average Bonchev–Trinajstić information content (AvgIpc) is 2.35. The Morgan fingerprint density at radius 2 is 2.15 bits per heavy atom. The van der Waals surface area contributed by atoms with E-state index in [4.69, 9.17) is 0 Å². The van der Waals surface area contributed by atoms with E-state index in [1.165, 1.54) is 12.1 Å². The second-order valence-electron chi connectivity index (χ2n) is 4.92. The topological polar surface area (TPSA) is 75.5 Å². The van der Waals surface area contributed by atoms with Gasteiger partial charge >= 0.3 is 0 Å². The van der Waals surface area contributed by atoms with Crippen molar-refractivity contribution < 1.29 is 9.72 Å². The van der Waals surface area contributed by atoms with Crippen LogP contribution in [0.3, 0.4) is 0 Å². The van der Waals surface area contributed by atoms with E-state index < -0.39 is 4.92 Å². The second kappa shape index (κ2) is 5.83. The van der Waals surface area contributed by atoms with Crippen molar-refractivity contribution in [3.63, 3.8) is 0 Å². The van der Waals surface area contributed by atoms with Crippen molar-refractivity contribution in [1.29, 1.82) is 0 Å². The number of nitrogens with zero attached hydrogens (tertiary/aromatic N) is 2. The zero-order valence-electron chi connectivity index (χ0n) is 11.5. The van der Waals surface area contributed by atoms with Crippen LogP contribution in [0.4, 0.5) is 5.69 Å². The van der Waals surface area contributed by atoms with Crippen LogP contribution < -0.4 is 5.32 Å². The van der Waals surface area contributed by atoms with Gasteiger partial charge in [0.25, 0.3) is 5.69 Å². The van der Waals surface area contributed by atoms with Crippen molar-refractivity contribution in [1.82, 2.24) is 10.2 Å². The molecule has 0 atom stereocenters. The fourth-order valence-electron chi connectivity index (χ4n) is 2.07. The quantitative estimate of drug-likeness (QED) is 0.513. The molecule has 0 aromatic heterocycles. The maximum atomic E-state index is 12.2. The first-order valence-electron chi connectivity index (χ1n) is 6.37. The molecule has 1 heterocycles. The Hall–Kier alpha value is -2.21. The number of nitro groups is 1. The number of non-ortho nitro benzene ring substituents is 1. The number of rotatable bonds is 4. The lowest BCUT2D eigenvalue weighted by atomic mass is 10.0. The Balaban J connectivity index is 2.07. The smallest absolute Gasteiger partial charge is 0.269 e. The molecule has 20 heavy (non-hydrogen) atoms. The third kappa shape index (κ3) is 3.03. The Morgan fingerprint density at radius 3 is 2.70 bits per heavy atom. The molecule has 6 nitrogen and oxygen atoms in total. The van der Waals surface area contributed by atoms with Crippen LogP contribution in [0.2, 0.25) is 0 Å². The number of nitro benzene ring substituents is 1. The van der Waals surface area contributed by atoms with Crippen molar-refractivity contribution in [2.75, 3.05) is 20.1 Å². The lowest BCUT2D eigenvalue weighted by Gasteiger charge is -2.24. The Bertz CT molecular complexity index is 575. The van der Waals surface area contributed by atoms with Crippen LogP contribution in [0.25, 0.3) is 0 Å². The first-order chi connectivity index (χ1) is 9.49. The molecule has 0 bridgehead atoms. The highest BCUT2D eigenvalue weighted by Gasteiger charge is 2.19. The Morgan fingerprint density at radius 1 is 1.45 bits per heavy atom. The molecule has 1 aliphatic heterocycles. The van der Waals surface area contributed by atoms with E-state index >= 15 is 0 Å². The van der Waals surface area contributed by atoms with Crippen molar-refractivity contribution in [2.45, 2.75) is 13.5 Å². The van der Waals surface area contributed by atoms with Gasteiger partial charge in [-0.05, 0) is 18.1 Å². The van der Waals surface area contributed by atoms with Gasteiger partial charge < -0.3 is 10.2 Å². The molecule has 0 saturated carbocycles. The van der Waals surface area contributed by atoms with Gasteiger partial charge in [0.1, 0.15) is 0 Å². The van der Waals surface area contributed by atoms with Crippen LogP contribution in [0.15, 0.2) is 35.4 Å². The summed E-state index contributed by atoms with van der Waals surface area (Å²) in [6, 6.07) is 6.35. The normalized spacial score (nSPS) is 13.6. The van der Waals surface area contributed by atoms with Gasteiger partial charge in [0.05, 0.1) is 4.92 Å². The molecule has 1 N–H and O–H groups in total. The molecule has 1 amide bonds. The van der Waals surface area contributed by atoms with Crippen LogP contribution >= 0.6 is 0 Å². The molecule has 0 unspecified atom stereocenters. The average molecular weight is 275 g/mol. The Kier molecular flexibility index (Phi) is 4.14. The third-order valence-corrected chi connectivity index (χ3v) is 3.42. The molecular formula is C14H17N3O3. The van der Waals surface area contributed by atoms with E-state index in [1.807, 2.05) is 6.92 Å². The number of carbonyl (C=O) groups is 1. The first-order valence-corrected chi connectivity index (χ1v) is 6.37. The largest absolute Gasteiger partial charge is 0.338 e. The van der Waals surface area contributed by atoms with E-state index in [2.05, 4.69) is 5.32 Å². The van der Waals surface area contributed by atoms with Gasteiger partial charge in [-0.15, -0.1) is 0 Å². The van der Waals surface area contributed by atoms with E-state index in [1.54, 1.807) is 24.1 Å². The van der Waals surface area contributed by atoms with Crippen molar-refractivity contribution in [3.8, 4) is 0 Å². The molecule has 1 saturated heterocycles. The van der Waals surface area contributed by atoms with Crippen molar-refractivity contribution >= 4 is 11.6 Å². The summed E-state index contributed by atoms with van der Waals surface area (Å²) in [5, 5.41) is 13.8. The van der Waals surface area contributed by atoms with E-state index in [-0.39, 0.29) is 11.6 Å². The molecule has 2 rings (SSSR count). The van der Waals surface area contributed by atoms with Gasteiger partial charge in [0.15, 0.2) is 0 Å². The van der Waals surface area contributed by atoms with Gasteiger partial charge in [0, 0.05) is 44.4 Å². The molecule has 0 radical (unpaired) electrons. The SMILES string of the molecule is CC(C(=O)N(C)Cc1cccc([N+](=O)[O-])c1)=C1CNC1. The van der Waals surface area contributed by atoms with Crippen LogP contribution in [0.5, 0.6) is 0 Å². The molecule has 0 spiro atoms. The minimum Gasteiger partial charge on any atom is -0.338 e. The maximum Gasteiger partial charge on any atom is 0.269 e. The molecule has 1 aliphatic rings. The van der Waals surface area contributed by atoms with Crippen molar-refractivity contribution in [3.05, 3.63) is 51.1 Å². The summed E-state index contributed by atoms with van der Waals surface area (Å²) in [6.07, 6.45) is 0. The minimum atomic E-state index is -0.432. The molecule has 1 aromatic carbocycles. The highest BCUT2D eigenvalue weighted by Crippen LogP contribution is 2.16. The summed E-state index contributed by atoms with van der Waals surface area (Å²) in [5.41, 5.74) is 2.68. The highest BCUT2D eigenvalue weighted by atomic mass is 16.6. The number of benzene rings is 1. The number of carbonyl (C=O) groups excluding carboxylic acids is 1. The van der Waals surface area contributed by atoms with Crippen LogP contribution in [-0.2, 0) is 11.3 Å². The van der Waals surface area contributed by atoms with Gasteiger partial charge in [-0.25, -0.2) is 0 Å². The monoisotopic (exact) mass is 275 g/mol. The summed E-state index contributed by atoms with van der Waals surface area (Å²) >= 11 is 0. The Labute approximate surface area is 117 Å². The minimum absolute atomic E-state index is 0.0343. The number of hydrogen-bond acceptors (Lipinski definition) is 4. The fraction of sp³-hybridized carbons (Fsp3) is 0.357. The van der Waals surface area contributed by atoms with Crippen LogP contribution in [0.1, 0.15) is 12.5 Å². The molecule has 1 aromatic rings. The number of nitrogens with one attached hydrogen (secondary N) is 1. The maximum absolute atomic E-state index is 12.2. The second-order valence-corrected chi connectivity index (χ2v) is 4.92. The fourth-order valence-corrected chi connectivity index (χ4v) is 2.07. The zero-order chi connectivity index (χ0) is 14.7. The summed E-state index contributed by atoms with van der Waals surface area (Å²) in [5.74, 6) is -0.0343. The number of hydrogen-bond donors (Lipinski definition) is 1. The summed E-state index contributed by atoms with van der Waals surface area (Å²) in [7, 11) is 1.71. The molecule has 106 valence electrons. The van der Waals surface area contributed by atoms with E-state index in [0.717, 1.165) is 29.8 Å². The predicted molar refractivity (Wildman–Crippen MR) is 75.1 cm³/mol. The standard InChI is InChI=1S/C14H17N3O3/c1-10(12-7-15-8-12)14(18)16(2)9-11-4-3-5-13(6-11)17(19)20/h3-6,15H,7-9H2,1-2H3. The number of likely N-dealkylation sites (N-methyl/N-ethyl adjacent to an activating group) is 1. The summed E-state index contributed by atoms with van der Waals surface area (Å²) in [6.45, 7) is 3.71. The van der Waals surface area contributed by atoms with Crippen LogP contribution in [-0.4, -0.2) is 35.9 Å². The van der Waals surface area contributed by atoms with Gasteiger partial charge in [0.2, 0.25) is 5.91 Å². The highest BCUT2D eigenvalue weighted by molar-refractivity contribution is 5.93. The summed E-state index contributed by atoms with van der Waals surface area (Å²) < 4.78 is 0. The van der Waals surface area contributed by atoms with Gasteiger partial charge in [-0.3, -0.25) is 14.9 Å². The molecular weight excluding hydrogens is 258 g/mol. The summed E-state index contributed by atoms with van der Waals surface area (Å²) in [4.78, 5) is 24.1. The number of amides is 1. The zero-order valence-corrected chi connectivity index (χ0v) is 11.5. The molecule has 6 heteroatoms. The van der Waals surface area contributed by atoms with Crippen LogP contribution in [0, 0.1) is 10.1 Å². The van der Waals surface area contributed by atoms with E-state index in [9.17, 15) is 14.9 Å². The van der Waals surface area contributed by atoms with Gasteiger partial charge in [-0.1, -0.05) is 12.1 Å². The molecule has 0 aliphatic carbocycles. The van der Waals surface area contributed by atoms with Crippen molar-refractivity contribution in [2.24, 2.45) is 0 Å². The molecule has 1 fully saturated rings. The lowest BCUT2D eigenvalue weighted by Crippen LogP contribution is -2.38. The lowest BCUT2D eigenvalue weighted by molar-refractivity contribution is -0.384. The van der Waals surface area contributed by atoms with E-state index in [0.29, 0.717) is 6.54 Å². The first kappa shape index (κ1) is 14.2. The van der Waals surface area contributed by atoms with Gasteiger partial charge in [-0.2, -0.15) is 0 Å². The predicted octanol–water partition coefficient (Wildman–Crippen LogP) is 1.47.